The van der Waals surface area contributed by atoms with Gasteiger partial charge in [-0.05, 0) is 30.5 Å². The fourth-order valence-corrected chi connectivity index (χ4v) is 3.74. The first kappa shape index (κ1) is 18.4. The van der Waals surface area contributed by atoms with Gasteiger partial charge in [0, 0.05) is 12.7 Å². The molecule has 7 heteroatoms. The van der Waals surface area contributed by atoms with E-state index in [4.69, 9.17) is 9.47 Å². The lowest BCUT2D eigenvalue weighted by Gasteiger charge is -2.29. The summed E-state index contributed by atoms with van der Waals surface area (Å²) in [6.07, 6.45) is 3.35. The maximum absolute atomic E-state index is 13.1. The largest absolute Gasteiger partial charge is 0.486 e. The first-order valence-electron chi connectivity index (χ1n) is 8.98. The summed E-state index contributed by atoms with van der Waals surface area (Å²) in [6.45, 7) is 0.824. The van der Waals surface area contributed by atoms with E-state index < -0.39 is 0 Å². The average molecular weight is 395 g/mol. The summed E-state index contributed by atoms with van der Waals surface area (Å²) in [5, 5.41) is 0.772. The number of imidazole rings is 1. The Labute approximate surface area is 168 Å². The minimum Gasteiger partial charge on any atom is -0.486 e. The predicted molar refractivity (Wildman–Crippen MR) is 109 cm³/mol. The quantitative estimate of drug-likeness (QED) is 0.619. The van der Waals surface area contributed by atoms with Gasteiger partial charge in [-0.15, -0.1) is 0 Å². The molecule has 0 bridgehead atoms. The van der Waals surface area contributed by atoms with Gasteiger partial charge >= 0.3 is 0 Å². The third-order valence-electron chi connectivity index (χ3n) is 4.54. The van der Waals surface area contributed by atoms with Crippen molar-refractivity contribution in [3.8, 4) is 17.2 Å². The Hall–Kier alpha value is -2.93. The molecule has 1 aliphatic heterocycles. The van der Waals surface area contributed by atoms with E-state index in [0.717, 1.165) is 16.6 Å². The maximum atomic E-state index is 13.1. The van der Waals surface area contributed by atoms with Crippen molar-refractivity contribution in [2.75, 3.05) is 26.5 Å². The van der Waals surface area contributed by atoms with E-state index >= 15 is 0 Å². The highest BCUT2D eigenvalue weighted by Gasteiger charge is 2.26. The van der Waals surface area contributed by atoms with Crippen LogP contribution in [0.1, 0.15) is 10.5 Å². The van der Waals surface area contributed by atoms with Crippen LogP contribution in [0.15, 0.2) is 66.0 Å². The molecule has 0 N–H and O–H groups in total. The van der Waals surface area contributed by atoms with Crippen molar-refractivity contribution in [2.45, 2.75) is 11.3 Å². The lowest BCUT2D eigenvalue weighted by Crippen LogP contribution is -2.42. The predicted octanol–water partition coefficient (Wildman–Crippen LogP) is 3.51. The highest BCUT2D eigenvalue weighted by molar-refractivity contribution is 7.98. The number of likely N-dealkylation sites (N-methyl/N-ethyl adjacent to an activating group) is 1. The van der Waals surface area contributed by atoms with E-state index in [1.54, 1.807) is 18.1 Å². The van der Waals surface area contributed by atoms with Gasteiger partial charge in [0.25, 0.3) is 5.91 Å². The van der Waals surface area contributed by atoms with Crippen LogP contribution in [0.25, 0.3) is 5.69 Å². The number of thioether (sulfide) groups is 1. The van der Waals surface area contributed by atoms with Crippen LogP contribution in [-0.4, -0.2) is 52.9 Å². The lowest BCUT2D eigenvalue weighted by atomic mass is 10.2. The molecule has 0 radical (unpaired) electrons. The molecule has 1 amide bonds. The molecule has 2 aromatic carbocycles. The second-order valence-electron chi connectivity index (χ2n) is 6.48. The summed E-state index contributed by atoms with van der Waals surface area (Å²) in [4.78, 5) is 19.2. The second kappa shape index (κ2) is 7.98. The van der Waals surface area contributed by atoms with Gasteiger partial charge < -0.3 is 14.4 Å². The minimum atomic E-state index is -0.225. The molecule has 1 aliphatic rings. The van der Waals surface area contributed by atoms with Gasteiger partial charge in [-0.3, -0.25) is 9.36 Å². The molecule has 0 unspecified atom stereocenters. The number of para-hydroxylation sites is 3. The van der Waals surface area contributed by atoms with Crippen molar-refractivity contribution >= 4 is 17.7 Å². The van der Waals surface area contributed by atoms with E-state index in [-0.39, 0.29) is 12.0 Å². The first-order valence-corrected chi connectivity index (χ1v) is 10.2. The number of aromatic nitrogens is 2. The maximum Gasteiger partial charge on any atom is 0.272 e. The normalized spacial score (nSPS) is 15.3. The Morgan fingerprint density at radius 2 is 1.89 bits per heavy atom. The number of nitrogens with zero attached hydrogens (tertiary/aromatic N) is 3. The second-order valence-corrected chi connectivity index (χ2v) is 7.26. The summed E-state index contributed by atoms with van der Waals surface area (Å²) in [5.74, 6) is 1.33. The van der Waals surface area contributed by atoms with E-state index in [1.165, 1.54) is 11.8 Å². The van der Waals surface area contributed by atoms with Crippen molar-refractivity contribution < 1.29 is 14.3 Å². The van der Waals surface area contributed by atoms with Gasteiger partial charge in [0.05, 0.1) is 12.7 Å². The number of carbonyl (C=O) groups is 1. The zero-order valence-corrected chi connectivity index (χ0v) is 16.6. The van der Waals surface area contributed by atoms with Crippen molar-refractivity contribution in [1.29, 1.82) is 0 Å². The number of hydrogen-bond donors (Lipinski definition) is 0. The molecule has 144 valence electrons. The monoisotopic (exact) mass is 395 g/mol. The van der Waals surface area contributed by atoms with Crippen LogP contribution in [0.3, 0.4) is 0 Å². The summed E-state index contributed by atoms with van der Waals surface area (Å²) in [5.41, 5.74) is 1.43. The van der Waals surface area contributed by atoms with Crippen LogP contribution in [0.2, 0.25) is 0 Å². The topological polar surface area (TPSA) is 56.6 Å². The molecule has 1 aromatic heterocycles. The van der Waals surface area contributed by atoms with Crippen LogP contribution in [-0.2, 0) is 0 Å². The van der Waals surface area contributed by atoms with Crippen molar-refractivity contribution in [3.63, 3.8) is 0 Å². The van der Waals surface area contributed by atoms with Crippen molar-refractivity contribution in [1.82, 2.24) is 14.5 Å². The van der Waals surface area contributed by atoms with Gasteiger partial charge in [-0.1, -0.05) is 42.1 Å². The van der Waals surface area contributed by atoms with Crippen LogP contribution < -0.4 is 9.47 Å². The highest BCUT2D eigenvalue weighted by Crippen LogP contribution is 2.31. The van der Waals surface area contributed by atoms with E-state index in [2.05, 4.69) is 4.98 Å². The number of fused-ring (bicyclic) bond motifs is 1. The number of benzene rings is 2. The Bertz CT molecular complexity index is 974. The first-order chi connectivity index (χ1) is 13.7. The fourth-order valence-electron chi connectivity index (χ4n) is 3.19. The number of ether oxygens (including phenoxy) is 2. The molecular formula is C21H21N3O3S. The lowest BCUT2D eigenvalue weighted by molar-refractivity contribution is 0.0515. The summed E-state index contributed by atoms with van der Waals surface area (Å²) >= 11 is 1.50. The van der Waals surface area contributed by atoms with Gasteiger partial charge in [0.1, 0.15) is 12.3 Å². The summed E-state index contributed by atoms with van der Waals surface area (Å²) in [6, 6.07) is 17.3. The molecule has 0 saturated heterocycles. The molecule has 0 spiro atoms. The van der Waals surface area contributed by atoms with E-state index in [1.807, 2.05) is 65.4 Å². The molecule has 1 atom stereocenters. The smallest absolute Gasteiger partial charge is 0.272 e. The molecule has 2 heterocycles. The van der Waals surface area contributed by atoms with Crippen molar-refractivity contribution in [3.05, 3.63) is 66.5 Å². The SMILES string of the molecule is CSc1ncc(C(=O)N(C)C[C@H]2COc3ccccc3O2)n1-c1ccccc1. The Morgan fingerprint density at radius 3 is 2.64 bits per heavy atom. The van der Waals surface area contributed by atoms with E-state index in [0.29, 0.717) is 24.6 Å². The molecular weight excluding hydrogens is 374 g/mol. The van der Waals surface area contributed by atoms with Crippen LogP contribution in [0, 0.1) is 0 Å². The van der Waals surface area contributed by atoms with Crippen molar-refractivity contribution in [2.24, 2.45) is 0 Å². The Morgan fingerprint density at radius 1 is 1.18 bits per heavy atom. The zero-order chi connectivity index (χ0) is 19.5. The van der Waals surface area contributed by atoms with E-state index in [9.17, 15) is 4.79 Å². The van der Waals surface area contributed by atoms with Crippen LogP contribution >= 0.6 is 11.8 Å². The summed E-state index contributed by atoms with van der Waals surface area (Å²) < 4.78 is 13.6. The van der Waals surface area contributed by atoms with Gasteiger partial charge in [0.15, 0.2) is 22.8 Å². The minimum absolute atomic E-state index is 0.112. The number of carbonyl (C=O) groups excluding carboxylic acids is 1. The van der Waals surface area contributed by atoms with Crippen LogP contribution in [0.4, 0.5) is 0 Å². The van der Waals surface area contributed by atoms with Crippen LogP contribution in [0.5, 0.6) is 11.5 Å². The Balaban J connectivity index is 1.53. The molecule has 3 aromatic rings. The van der Waals surface area contributed by atoms with Gasteiger partial charge in [0.2, 0.25) is 0 Å². The van der Waals surface area contributed by atoms with Gasteiger partial charge in [-0.2, -0.15) is 0 Å². The molecule has 0 saturated carbocycles. The Kier molecular flexibility index (Phi) is 5.25. The average Bonchev–Trinajstić information content (AvgIpc) is 3.17. The standard InChI is InChI=1S/C21H21N3O3S/c1-23(13-16-14-26-18-10-6-7-11-19(18)27-16)20(25)17-12-22-21(28-2)24(17)15-8-4-3-5-9-15/h3-12,16H,13-14H2,1-2H3/t16-/m0/s1. The molecule has 28 heavy (non-hydrogen) atoms. The number of rotatable bonds is 5. The molecule has 0 fully saturated rings. The van der Waals surface area contributed by atoms with Gasteiger partial charge in [-0.25, -0.2) is 4.98 Å². The number of amides is 1. The highest BCUT2D eigenvalue weighted by atomic mass is 32.2. The summed E-state index contributed by atoms with van der Waals surface area (Å²) in [7, 11) is 1.77. The third-order valence-corrected chi connectivity index (χ3v) is 5.19. The fraction of sp³-hybridized carbons (Fsp3) is 0.238. The zero-order valence-electron chi connectivity index (χ0n) is 15.7. The molecule has 0 aliphatic carbocycles. The molecule has 6 nitrogen and oxygen atoms in total. The number of hydrogen-bond acceptors (Lipinski definition) is 5. The molecule has 4 rings (SSSR count). The third kappa shape index (κ3) is 3.57.